The minimum Gasteiger partial charge on any atom is -0.375 e. The molecule has 4 nitrogen and oxygen atoms in total. The molecule has 1 aromatic heterocycles. The first-order valence-corrected chi connectivity index (χ1v) is 6.65. The van der Waals surface area contributed by atoms with Crippen molar-refractivity contribution in [3.63, 3.8) is 0 Å². The molecule has 0 spiro atoms. The fourth-order valence-electron chi connectivity index (χ4n) is 1.69. The van der Waals surface area contributed by atoms with Crippen LogP contribution in [-0.4, -0.2) is 30.6 Å². The first kappa shape index (κ1) is 14.9. The van der Waals surface area contributed by atoms with Crippen LogP contribution in [0.4, 0.5) is 5.69 Å². The number of hydrogen-bond acceptors (Lipinski definition) is 4. The molecule has 0 aliphatic carbocycles. The Kier molecular flexibility index (Phi) is 5.54. The van der Waals surface area contributed by atoms with Crippen molar-refractivity contribution in [1.29, 1.82) is 0 Å². The standard InChI is InChI=1S/C14H26N4/c1-10(2)7-15-8-12-13(18(5)6)9-16-14(17-12)11(3)4/h9-11,15H,7-8H2,1-6H3. The van der Waals surface area contributed by atoms with Gasteiger partial charge in [0.25, 0.3) is 0 Å². The molecule has 0 unspecified atom stereocenters. The zero-order valence-corrected chi connectivity index (χ0v) is 12.5. The Morgan fingerprint density at radius 2 is 1.89 bits per heavy atom. The van der Waals surface area contributed by atoms with Crippen molar-refractivity contribution in [3.05, 3.63) is 17.7 Å². The highest BCUT2D eigenvalue weighted by atomic mass is 15.1. The topological polar surface area (TPSA) is 41.1 Å². The minimum absolute atomic E-state index is 0.366. The van der Waals surface area contributed by atoms with Crippen LogP contribution >= 0.6 is 0 Å². The molecule has 1 aromatic rings. The summed E-state index contributed by atoms with van der Waals surface area (Å²) in [5.74, 6) is 1.94. The van der Waals surface area contributed by atoms with Gasteiger partial charge in [-0.05, 0) is 12.5 Å². The summed E-state index contributed by atoms with van der Waals surface area (Å²) in [5.41, 5.74) is 2.18. The molecular formula is C14H26N4. The third kappa shape index (κ3) is 4.26. The lowest BCUT2D eigenvalue weighted by molar-refractivity contribution is 0.546. The van der Waals surface area contributed by atoms with Gasteiger partial charge in [0.1, 0.15) is 5.82 Å². The first-order chi connectivity index (χ1) is 8.41. The van der Waals surface area contributed by atoms with Crippen molar-refractivity contribution in [2.45, 2.75) is 40.2 Å². The Labute approximate surface area is 111 Å². The normalized spacial score (nSPS) is 11.3. The van der Waals surface area contributed by atoms with Crippen molar-refractivity contribution in [3.8, 4) is 0 Å². The molecule has 102 valence electrons. The van der Waals surface area contributed by atoms with Gasteiger partial charge in [0.2, 0.25) is 0 Å². The fourth-order valence-corrected chi connectivity index (χ4v) is 1.69. The van der Waals surface area contributed by atoms with Gasteiger partial charge in [-0.25, -0.2) is 9.97 Å². The smallest absolute Gasteiger partial charge is 0.131 e. The number of hydrogen-bond donors (Lipinski definition) is 1. The van der Waals surface area contributed by atoms with Gasteiger partial charge in [0.15, 0.2) is 0 Å². The van der Waals surface area contributed by atoms with E-state index in [1.807, 2.05) is 20.3 Å². The van der Waals surface area contributed by atoms with Crippen molar-refractivity contribution in [2.75, 3.05) is 25.5 Å². The highest BCUT2D eigenvalue weighted by Crippen LogP contribution is 2.18. The molecule has 1 N–H and O–H groups in total. The minimum atomic E-state index is 0.366. The molecule has 4 heteroatoms. The van der Waals surface area contributed by atoms with Crippen LogP contribution in [0.25, 0.3) is 0 Å². The summed E-state index contributed by atoms with van der Waals surface area (Å²) in [7, 11) is 4.05. The zero-order valence-electron chi connectivity index (χ0n) is 12.5. The molecule has 18 heavy (non-hydrogen) atoms. The molecule has 0 aliphatic rings. The Hall–Kier alpha value is -1.16. The number of aromatic nitrogens is 2. The largest absolute Gasteiger partial charge is 0.375 e. The summed E-state index contributed by atoms with van der Waals surface area (Å²) in [6.07, 6.45) is 1.93. The predicted molar refractivity (Wildman–Crippen MR) is 77.0 cm³/mol. The summed E-state index contributed by atoms with van der Waals surface area (Å²) in [6, 6.07) is 0. The molecule has 1 rings (SSSR count). The highest BCUT2D eigenvalue weighted by molar-refractivity contribution is 5.47. The highest BCUT2D eigenvalue weighted by Gasteiger charge is 2.11. The van der Waals surface area contributed by atoms with E-state index in [4.69, 9.17) is 0 Å². The van der Waals surface area contributed by atoms with E-state index in [0.717, 1.165) is 30.3 Å². The molecular weight excluding hydrogens is 224 g/mol. The summed E-state index contributed by atoms with van der Waals surface area (Å²) < 4.78 is 0. The van der Waals surface area contributed by atoms with Crippen molar-refractivity contribution >= 4 is 5.69 Å². The average Bonchev–Trinajstić information content (AvgIpc) is 2.27. The quantitative estimate of drug-likeness (QED) is 0.842. The Bertz CT molecular complexity index is 372. The van der Waals surface area contributed by atoms with Gasteiger partial charge in [0, 0.05) is 26.6 Å². The SMILES string of the molecule is CC(C)CNCc1nc(C(C)C)ncc1N(C)C. The monoisotopic (exact) mass is 250 g/mol. The molecule has 0 atom stereocenters. The fraction of sp³-hybridized carbons (Fsp3) is 0.714. The van der Waals surface area contributed by atoms with Gasteiger partial charge >= 0.3 is 0 Å². The number of anilines is 1. The maximum atomic E-state index is 4.68. The summed E-state index contributed by atoms with van der Waals surface area (Å²) in [4.78, 5) is 11.2. The lowest BCUT2D eigenvalue weighted by Crippen LogP contribution is -2.23. The maximum Gasteiger partial charge on any atom is 0.131 e. The third-order valence-corrected chi connectivity index (χ3v) is 2.71. The van der Waals surface area contributed by atoms with Gasteiger partial charge in [0.05, 0.1) is 17.6 Å². The van der Waals surface area contributed by atoms with Gasteiger partial charge in [-0.1, -0.05) is 27.7 Å². The van der Waals surface area contributed by atoms with Crippen LogP contribution in [0.15, 0.2) is 6.20 Å². The van der Waals surface area contributed by atoms with Crippen LogP contribution in [0.1, 0.15) is 45.1 Å². The lowest BCUT2D eigenvalue weighted by atomic mass is 10.2. The van der Waals surface area contributed by atoms with Crippen LogP contribution in [0.5, 0.6) is 0 Å². The van der Waals surface area contributed by atoms with Crippen molar-refractivity contribution < 1.29 is 0 Å². The predicted octanol–water partition coefficient (Wildman–Crippen LogP) is 2.41. The van der Waals surface area contributed by atoms with Crippen LogP contribution in [0, 0.1) is 5.92 Å². The van der Waals surface area contributed by atoms with Crippen LogP contribution in [0.3, 0.4) is 0 Å². The van der Waals surface area contributed by atoms with Gasteiger partial charge in [-0.15, -0.1) is 0 Å². The molecule has 0 saturated heterocycles. The lowest BCUT2D eigenvalue weighted by Gasteiger charge is -2.18. The average molecular weight is 250 g/mol. The molecule has 0 radical (unpaired) electrons. The molecule has 0 saturated carbocycles. The number of rotatable bonds is 6. The van der Waals surface area contributed by atoms with E-state index in [0.29, 0.717) is 11.8 Å². The van der Waals surface area contributed by atoms with E-state index in [1.165, 1.54) is 0 Å². The Morgan fingerprint density at radius 3 is 2.39 bits per heavy atom. The maximum absolute atomic E-state index is 4.68. The van der Waals surface area contributed by atoms with E-state index in [1.54, 1.807) is 0 Å². The van der Waals surface area contributed by atoms with Crippen molar-refractivity contribution in [1.82, 2.24) is 15.3 Å². The summed E-state index contributed by atoms with van der Waals surface area (Å²) in [5, 5.41) is 3.45. The van der Waals surface area contributed by atoms with Crippen LogP contribution < -0.4 is 10.2 Å². The van der Waals surface area contributed by atoms with Gasteiger partial charge in [-0.3, -0.25) is 0 Å². The van der Waals surface area contributed by atoms with E-state index in [-0.39, 0.29) is 0 Å². The Balaban J connectivity index is 2.86. The van der Waals surface area contributed by atoms with Crippen LogP contribution in [-0.2, 0) is 6.54 Å². The summed E-state index contributed by atoms with van der Waals surface area (Å²) >= 11 is 0. The van der Waals surface area contributed by atoms with E-state index < -0.39 is 0 Å². The van der Waals surface area contributed by atoms with Gasteiger partial charge < -0.3 is 10.2 Å². The van der Waals surface area contributed by atoms with E-state index in [9.17, 15) is 0 Å². The van der Waals surface area contributed by atoms with Gasteiger partial charge in [-0.2, -0.15) is 0 Å². The second-order valence-electron chi connectivity index (χ2n) is 5.63. The molecule has 0 fully saturated rings. The number of nitrogens with zero attached hydrogens (tertiary/aromatic N) is 3. The Morgan fingerprint density at radius 1 is 1.22 bits per heavy atom. The molecule has 1 heterocycles. The molecule has 0 aliphatic heterocycles. The first-order valence-electron chi connectivity index (χ1n) is 6.65. The molecule has 0 amide bonds. The molecule has 0 aromatic carbocycles. The van der Waals surface area contributed by atoms with Crippen LogP contribution in [0.2, 0.25) is 0 Å². The second-order valence-corrected chi connectivity index (χ2v) is 5.63. The van der Waals surface area contributed by atoms with E-state index >= 15 is 0 Å². The molecule has 0 bridgehead atoms. The second kappa shape index (κ2) is 6.69. The number of nitrogens with one attached hydrogen (secondary N) is 1. The summed E-state index contributed by atoms with van der Waals surface area (Å²) in [6.45, 7) is 10.5. The van der Waals surface area contributed by atoms with Crippen molar-refractivity contribution in [2.24, 2.45) is 5.92 Å². The third-order valence-electron chi connectivity index (χ3n) is 2.71. The zero-order chi connectivity index (χ0) is 13.7. The van der Waals surface area contributed by atoms with E-state index in [2.05, 4.69) is 47.9 Å².